The molecule has 5 rings (SSSR count). The first-order chi connectivity index (χ1) is 18.5. The van der Waals surface area contributed by atoms with Gasteiger partial charge in [0.2, 0.25) is 5.95 Å². The van der Waals surface area contributed by atoms with Crippen LogP contribution in [0.3, 0.4) is 0 Å². The van der Waals surface area contributed by atoms with Crippen molar-refractivity contribution in [2.24, 2.45) is 17.3 Å². The van der Waals surface area contributed by atoms with Crippen LogP contribution in [0.2, 0.25) is 0 Å². The number of fused-ring (bicyclic) bond motifs is 1. The number of amides is 1. The summed E-state index contributed by atoms with van der Waals surface area (Å²) >= 11 is 0. The van der Waals surface area contributed by atoms with Crippen molar-refractivity contribution in [2.75, 3.05) is 44.3 Å². The maximum atomic E-state index is 14.2. The highest BCUT2D eigenvalue weighted by molar-refractivity contribution is 6.12. The minimum absolute atomic E-state index is 0.0462. The molecule has 2 saturated heterocycles. The fraction of sp³-hybridized carbons (Fsp3) is 0.759. The molecule has 0 aromatic carbocycles. The number of hydrogen-bond acceptors (Lipinski definition) is 9. The molecule has 214 valence electrons. The van der Waals surface area contributed by atoms with E-state index in [1.165, 1.54) is 0 Å². The summed E-state index contributed by atoms with van der Waals surface area (Å²) in [5.41, 5.74) is -1.08. The second kappa shape index (κ2) is 10.8. The monoisotopic (exact) mass is 542 g/mol. The summed E-state index contributed by atoms with van der Waals surface area (Å²) in [6, 6.07) is 1.61. The highest BCUT2D eigenvalue weighted by Crippen LogP contribution is 2.57. The van der Waals surface area contributed by atoms with Crippen molar-refractivity contribution in [1.29, 1.82) is 0 Å². The summed E-state index contributed by atoms with van der Waals surface area (Å²) in [6.45, 7) is 10.9. The lowest BCUT2D eigenvalue weighted by atomic mass is 9.55. The van der Waals surface area contributed by atoms with E-state index in [0.717, 1.165) is 19.3 Å². The maximum absolute atomic E-state index is 14.2. The topological polar surface area (TPSA) is 111 Å². The molecular formula is C29H42N4O6. The van der Waals surface area contributed by atoms with Gasteiger partial charge in [-0.25, -0.2) is 14.8 Å². The van der Waals surface area contributed by atoms with Crippen LogP contribution >= 0.6 is 0 Å². The Balaban J connectivity index is 1.33. The molecule has 0 N–H and O–H groups in total. The number of hydrogen-bond donors (Lipinski definition) is 0. The number of nitrogens with zero attached hydrogens (tertiary/aromatic N) is 4. The van der Waals surface area contributed by atoms with Crippen LogP contribution in [-0.4, -0.2) is 83.3 Å². The number of anilines is 1. The molecule has 2 saturated carbocycles. The van der Waals surface area contributed by atoms with E-state index in [1.54, 1.807) is 17.2 Å². The molecule has 2 spiro atoms. The highest BCUT2D eigenvalue weighted by atomic mass is 16.7. The average Bonchev–Trinajstić information content (AvgIpc) is 3.22. The Morgan fingerprint density at radius 2 is 1.79 bits per heavy atom. The fourth-order valence-corrected chi connectivity index (χ4v) is 6.95. The molecule has 1 aromatic rings. The number of aromatic nitrogens is 2. The largest absolute Gasteiger partial charge is 0.444 e. The van der Waals surface area contributed by atoms with E-state index in [9.17, 15) is 14.4 Å². The Hall–Kier alpha value is -2.59. The number of carbonyl (C=O) groups excluding carboxylic acids is 3. The number of ether oxygens (including phenoxy) is 3. The third-order valence-electron chi connectivity index (χ3n) is 8.61. The predicted octanol–water partition coefficient (Wildman–Crippen LogP) is 4.03. The zero-order valence-electron chi connectivity index (χ0n) is 23.7. The summed E-state index contributed by atoms with van der Waals surface area (Å²) in [5, 5.41) is 0. The van der Waals surface area contributed by atoms with Crippen LogP contribution in [0.5, 0.6) is 0 Å². The van der Waals surface area contributed by atoms with Crippen LogP contribution in [0.15, 0.2) is 12.3 Å². The van der Waals surface area contributed by atoms with Gasteiger partial charge in [-0.2, -0.15) is 0 Å². The fourth-order valence-electron chi connectivity index (χ4n) is 6.95. The lowest BCUT2D eigenvalue weighted by Gasteiger charge is -2.53. The molecule has 3 heterocycles. The zero-order valence-corrected chi connectivity index (χ0v) is 23.7. The van der Waals surface area contributed by atoms with Crippen LogP contribution in [0.25, 0.3) is 0 Å². The van der Waals surface area contributed by atoms with E-state index in [2.05, 4.69) is 16.9 Å². The van der Waals surface area contributed by atoms with E-state index < -0.39 is 22.7 Å². The Bertz CT molecular complexity index is 1100. The van der Waals surface area contributed by atoms with Gasteiger partial charge >= 0.3 is 6.09 Å². The van der Waals surface area contributed by atoms with Crippen molar-refractivity contribution >= 4 is 23.6 Å². The van der Waals surface area contributed by atoms with E-state index in [1.807, 2.05) is 25.7 Å². The van der Waals surface area contributed by atoms with Crippen LogP contribution in [0.4, 0.5) is 10.7 Å². The van der Waals surface area contributed by atoms with Gasteiger partial charge in [-0.15, -0.1) is 0 Å². The standard InChI is InChI=1S/C29H42N4O6/c1-20-18-21(24(35)28(19-20)9-5-6-10-29(28)37-16-17-38-29)23(34)22-8-11-30-25(31-22)32-12-7-13-33(15-14-32)26(36)39-27(2,3)4/h8,11,20-21H,5-7,9-10,12-19H2,1-4H3. The van der Waals surface area contributed by atoms with Crippen molar-refractivity contribution in [2.45, 2.75) is 84.0 Å². The Morgan fingerprint density at radius 1 is 1.05 bits per heavy atom. The molecule has 1 amide bonds. The summed E-state index contributed by atoms with van der Waals surface area (Å²) in [4.78, 5) is 53.4. The average molecular weight is 543 g/mol. The minimum atomic E-state index is -0.904. The molecule has 10 nitrogen and oxygen atoms in total. The van der Waals surface area contributed by atoms with Gasteiger partial charge in [-0.05, 0) is 64.9 Å². The normalized spacial score (nSPS) is 29.5. The van der Waals surface area contributed by atoms with E-state index in [0.29, 0.717) is 71.0 Å². The Kier molecular flexibility index (Phi) is 7.72. The van der Waals surface area contributed by atoms with Crippen LogP contribution in [0, 0.1) is 17.3 Å². The molecule has 0 radical (unpaired) electrons. The molecule has 4 aliphatic rings. The van der Waals surface area contributed by atoms with Gasteiger partial charge in [0, 0.05) is 38.8 Å². The quantitative estimate of drug-likeness (QED) is 0.413. The first kappa shape index (κ1) is 28.0. The van der Waals surface area contributed by atoms with Gasteiger partial charge in [0.15, 0.2) is 17.4 Å². The summed E-state index contributed by atoms with van der Waals surface area (Å²) < 4.78 is 17.9. The molecule has 0 bridgehead atoms. The SMILES string of the molecule is CC1CC(C(=O)c2ccnc(N3CCCN(C(=O)OC(C)(C)C)CC3)n2)C(=O)C2(CCCCC23OCCO3)C1. The number of rotatable bonds is 3. The van der Waals surface area contributed by atoms with Gasteiger partial charge in [0.05, 0.1) is 24.5 Å². The van der Waals surface area contributed by atoms with Crippen molar-refractivity contribution in [3.8, 4) is 0 Å². The second-order valence-corrected chi connectivity index (χ2v) is 12.6. The summed E-state index contributed by atoms with van der Waals surface area (Å²) in [6.07, 6.45) is 6.45. The van der Waals surface area contributed by atoms with Crippen molar-refractivity contribution in [3.05, 3.63) is 18.0 Å². The van der Waals surface area contributed by atoms with E-state index in [4.69, 9.17) is 14.2 Å². The third-order valence-corrected chi connectivity index (χ3v) is 8.61. The first-order valence-electron chi connectivity index (χ1n) is 14.5. The van der Waals surface area contributed by atoms with Gasteiger partial charge in [0.25, 0.3) is 0 Å². The first-order valence-corrected chi connectivity index (χ1v) is 14.5. The Labute approximate surface area is 230 Å². The maximum Gasteiger partial charge on any atom is 0.410 e. The van der Waals surface area contributed by atoms with Crippen LogP contribution < -0.4 is 4.90 Å². The van der Waals surface area contributed by atoms with Crippen LogP contribution in [0.1, 0.15) is 83.1 Å². The minimum Gasteiger partial charge on any atom is -0.444 e. The predicted molar refractivity (Wildman–Crippen MR) is 143 cm³/mol. The van der Waals surface area contributed by atoms with Crippen molar-refractivity contribution in [1.82, 2.24) is 14.9 Å². The van der Waals surface area contributed by atoms with Gasteiger partial charge in [-0.3, -0.25) is 9.59 Å². The Morgan fingerprint density at radius 3 is 2.54 bits per heavy atom. The van der Waals surface area contributed by atoms with Gasteiger partial charge < -0.3 is 24.0 Å². The van der Waals surface area contributed by atoms with Gasteiger partial charge in [0.1, 0.15) is 11.3 Å². The lowest BCUT2D eigenvalue weighted by molar-refractivity contribution is -0.258. The molecule has 2 aliphatic heterocycles. The highest BCUT2D eigenvalue weighted by Gasteiger charge is 2.64. The van der Waals surface area contributed by atoms with Crippen LogP contribution in [-0.2, 0) is 19.0 Å². The van der Waals surface area contributed by atoms with Gasteiger partial charge in [-0.1, -0.05) is 13.3 Å². The molecule has 1 aromatic heterocycles. The number of carbonyl (C=O) groups is 3. The van der Waals surface area contributed by atoms with Crippen molar-refractivity contribution < 1.29 is 28.6 Å². The number of ketones is 2. The smallest absolute Gasteiger partial charge is 0.410 e. The lowest BCUT2D eigenvalue weighted by Crippen LogP contribution is -2.61. The molecule has 4 fully saturated rings. The molecule has 3 unspecified atom stereocenters. The molecule has 2 aliphatic carbocycles. The van der Waals surface area contributed by atoms with E-state index in [-0.39, 0.29) is 29.3 Å². The third kappa shape index (κ3) is 5.42. The number of Topliss-reactive ketones (excluding diaryl/α,β-unsaturated/α-hetero) is 2. The molecule has 39 heavy (non-hydrogen) atoms. The molecule has 3 atom stereocenters. The summed E-state index contributed by atoms with van der Waals surface area (Å²) in [7, 11) is 0. The second-order valence-electron chi connectivity index (χ2n) is 12.6. The van der Waals surface area contributed by atoms with Crippen molar-refractivity contribution in [3.63, 3.8) is 0 Å². The van der Waals surface area contributed by atoms with E-state index >= 15 is 0 Å². The molecular weight excluding hydrogens is 500 g/mol. The molecule has 10 heteroatoms. The zero-order chi connectivity index (χ0) is 27.8. The summed E-state index contributed by atoms with van der Waals surface area (Å²) in [5.74, 6) is -1.35.